The number of Topliss-reactive ketones (excluding diaryl/α,β-unsaturated/α-hetero) is 1. The summed E-state index contributed by atoms with van der Waals surface area (Å²) < 4.78 is 12.5. The van der Waals surface area contributed by atoms with Gasteiger partial charge in [-0.15, -0.1) is 0 Å². The second kappa shape index (κ2) is 7.39. The molecule has 0 amide bonds. The number of carbonyl (C=O) groups is 2. The van der Waals surface area contributed by atoms with Crippen LogP contribution in [0.25, 0.3) is 11.0 Å². The van der Waals surface area contributed by atoms with Crippen LogP contribution in [0.15, 0.2) is 48.5 Å². The first-order valence-corrected chi connectivity index (χ1v) is 8.26. The molecule has 0 bridgehead atoms. The standard InChI is InChI=1S/C20H20N2O4/c1-13(23)16(19(24)25-3)12-14-7-6-8-15(11-14)26-20-21-17-9-4-5-10-18(17)22(20)2/h4-11,16H,12H2,1-3H3. The molecule has 1 atom stereocenters. The van der Waals surface area contributed by atoms with Gasteiger partial charge in [0.1, 0.15) is 17.5 Å². The number of methoxy groups -OCH3 is 1. The number of para-hydroxylation sites is 2. The second-order valence-corrected chi connectivity index (χ2v) is 6.08. The molecule has 1 aromatic heterocycles. The fourth-order valence-corrected chi connectivity index (χ4v) is 2.83. The van der Waals surface area contributed by atoms with Crippen molar-refractivity contribution in [2.75, 3.05) is 7.11 Å². The van der Waals surface area contributed by atoms with Crippen LogP contribution in [0.1, 0.15) is 12.5 Å². The highest BCUT2D eigenvalue weighted by atomic mass is 16.5. The zero-order chi connectivity index (χ0) is 18.7. The SMILES string of the molecule is COC(=O)C(Cc1cccc(Oc2nc3ccccc3n2C)c1)C(C)=O. The van der Waals surface area contributed by atoms with Gasteiger partial charge in [-0.25, -0.2) is 0 Å². The highest BCUT2D eigenvalue weighted by Crippen LogP contribution is 2.26. The molecule has 0 aliphatic carbocycles. The van der Waals surface area contributed by atoms with Gasteiger partial charge in [0.05, 0.1) is 18.1 Å². The summed E-state index contributed by atoms with van der Waals surface area (Å²) in [5.41, 5.74) is 2.64. The van der Waals surface area contributed by atoms with E-state index in [0.29, 0.717) is 11.8 Å². The summed E-state index contributed by atoms with van der Waals surface area (Å²) in [7, 11) is 3.17. The molecule has 0 aliphatic heterocycles. The molecule has 134 valence electrons. The monoisotopic (exact) mass is 352 g/mol. The molecule has 3 aromatic rings. The average molecular weight is 352 g/mol. The fourth-order valence-electron chi connectivity index (χ4n) is 2.83. The van der Waals surface area contributed by atoms with E-state index >= 15 is 0 Å². The first-order chi connectivity index (χ1) is 12.5. The molecule has 0 spiro atoms. The summed E-state index contributed by atoms with van der Waals surface area (Å²) in [6.45, 7) is 1.39. The lowest BCUT2D eigenvalue weighted by atomic mass is 9.96. The van der Waals surface area contributed by atoms with E-state index in [1.165, 1.54) is 14.0 Å². The Bertz CT molecular complexity index is 961. The maximum absolute atomic E-state index is 11.8. The molecule has 26 heavy (non-hydrogen) atoms. The summed E-state index contributed by atoms with van der Waals surface area (Å²) in [6.07, 6.45) is 0.266. The van der Waals surface area contributed by atoms with Crippen LogP contribution in [-0.4, -0.2) is 28.4 Å². The first kappa shape index (κ1) is 17.7. The Kier molecular flexibility index (Phi) is 5.02. The number of rotatable bonds is 6. The fraction of sp³-hybridized carbons (Fsp3) is 0.250. The van der Waals surface area contributed by atoms with Crippen molar-refractivity contribution in [1.29, 1.82) is 0 Å². The normalized spacial score (nSPS) is 12.0. The Labute approximate surface area is 151 Å². The summed E-state index contributed by atoms with van der Waals surface area (Å²) in [6, 6.07) is 15.5. The van der Waals surface area contributed by atoms with E-state index in [1.54, 1.807) is 6.07 Å². The van der Waals surface area contributed by atoms with E-state index in [1.807, 2.05) is 54.1 Å². The number of ketones is 1. The molecule has 1 heterocycles. The highest BCUT2D eigenvalue weighted by molar-refractivity contribution is 5.97. The number of aromatic nitrogens is 2. The van der Waals surface area contributed by atoms with E-state index in [9.17, 15) is 9.59 Å². The molecule has 0 saturated heterocycles. The van der Waals surface area contributed by atoms with Crippen molar-refractivity contribution in [2.24, 2.45) is 13.0 Å². The van der Waals surface area contributed by atoms with E-state index in [-0.39, 0.29) is 12.2 Å². The zero-order valence-corrected chi connectivity index (χ0v) is 14.9. The second-order valence-electron chi connectivity index (χ2n) is 6.08. The van der Waals surface area contributed by atoms with Crippen LogP contribution in [0.2, 0.25) is 0 Å². The number of fused-ring (bicyclic) bond motifs is 1. The molecule has 0 N–H and O–H groups in total. The molecule has 1 unspecified atom stereocenters. The van der Waals surface area contributed by atoms with Crippen molar-refractivity contribution in [3.05, 3.63) is 54.1 Å². The van der Waals surface area contributed by atoms with Crippen molar-refractivity contribution in [1.82, 2.24) is 9.55 Å². The Morgan fingerprint density at radius 3 is 2.62 bits per heavy atom. The average Bonchev–Trinajstić information content (AvgIpc) is 2.95. The van der Waals surface area contributed by atoms with Gasteiger partial charge < -0.3 is 9.47 Å². The van der Waals surface area contributed by atoms with Gasteiger partial charge in [0.25, 0.3) is 0 Å². The molecule has 0 radical (unpaired) electrons. The number of imidazole rings is 1. The van der Waals surface area contributed by atoms with E-state index in [0.717, 1.165) is 16.6 Å². The predicted molar refractivity (Wildman–Crippen MR) is 97.1 cm³/mol. The topological polar surface area (TPSA) is 70.4 Å². The van der Waals surface area contributed by atoms with Crippen LogP contribution in [0, 0.1) is 5.92 Å². The molecule has 3 rings (SSSR count). The number of esters is 1. The number of ether oxygens (including phenoxy) is 2. The number of aryl methyl sites for hydroxylation is 1. The summed E-state index contributed by atoms with van der Waals surface area (Å²) in [4.78, 5) is 28.0. The van der Waals surface area contributed by atoms with E-state index in [2.05, 4.69) is 4.98 Å². The molecule has 6 nitrogen and oxygen atoms in total. The molecule has 6 heteroatoms. The van der Waals surface area contributed by atoms with Gasteiger partial charge >= 0.3 is 12.0 Å². The van der Waals surface area contributed by atoms with Gasteiger partial charge in [-0.05, 0) is 43.2 Å². The zero-order valence-electron chi connectivity index (χ0n) is 14.9. The number of hydrogen-bond donors (Lipinski definition) is 0. The number of nitrogens with zero attached hydrogens (tertiary/aromatic N) is 2. The quantitative estimate of drug-likeness (QED) is 0.503. The van der Waals surface area contributed by atoms with Crippen LogP contribution in [0.4, 0.5) is 0 Å². The predicted octanol–water partition coefficient (Wildman–Crippen LogP) is 3.29. The maximum atomic E-state index is 11.8. The van der Waals surface area contributed by atoms with Gasteiger partial charge in [-0.1, -0.05) is 24.3 Å². The minimum Gasteiger partial charge on any atom is -0.468 e. The highest BCUT2D eigenvalue weighted by Gasteiger charge is 2.24. The Hall–Kier alpha value is -3.15. The third-order valence-electron chi connectivity index (χ3n) is 4.27. The van der Waals surface area contributed by atoms with Crippen molar-refractivity contribution in [2.45, 2.75) is 13.3 Å². The third-order valence-corrected chi connectivity index (χ3v) is 4.27. The minimum atomic E-state index is -0.814. The molecule has 0 saturated carbocycles. The minimum absolute atomic E-state index is 0.224. The summed E-state index contributed by atoms with van der Waals surface area (Å²) >= 11 is 0. The number of benzene rings is 2. The van der Waals surface area contributed by atoms with Gasteiger partial charge in [0, 0.05) is 7.05 Å². The van der Waals surface area contributed by atoms with E-state index in [4.69, 9.17) is 9.47 Å². The summed E-state index contributed by atoms with van der Waals surface area (Å²) in [5.74, 6) is -0.975. The Morgan fingerprint density at radius 2 is 1.92 bits per heavy atom. The lowest BCUT2D eigenvalue weighted by Gasteiger charge is -2.12. The lowest BCUT2D eigenvalue weighted by molar-refractivity contribution is -0.148. The smallest absolute Gasteiger partial charge is 0.316 e. The number of hydrogen-bond acceptors (Lipinski definition) is 5. The maximum Gasteiger partial charge on any atom is 0.316 e. The van der Waals surface area contributed by atoms with Crippen LogP contribution >= 0.6 is 0 Å². The Morgan fingerprint density at radius 1 is 1.15 bits per heavy atom. The lowest BCUT2D eigenvalue weighted by Crippen LogP contribution is -2.25. The van der Waals surface area contributed by atoms with Crippen LogP contribution in [0.5, 0.6) is 11.8 Å². The van der Waals surface area contributed by atoms with E-state index < -0.39 is 11.9 Å². The third kappa shape index (κ3) is 3.59. The number of carbonyl (C=O) groups excluding carboxylic acids is 2. The van der Waals surface area contributed by atoms with Crippen LogP contribution in [-0.2, 0) is 27.8 Å². The van der Waals surface area contributed by atoms with Crippen molar-refractivity contribution in [3.8, 4) is 11.8 Å². The summed E-state index contributed by atoms with van der Waals surface area (Å²) in [5, 5.41) is 0. The van der Waals surface area contributed by atoms with Gasteiger partial charge in [-0.2, -0.15) is 4.98 Å². The molecule has 2 aromatic carbocycles. The first-order valence-electron chi connectivity index (χ1n) is 8.26. The molecular formula is C20H20N2O4. The molecular weight excluding hydrogens is 332 g/mol. The van der Waals surface area contributed by atoms with Crippen molar-refractivity contribution >= 4 is 22.8 Å². The van der Waals surface area contributed by atoms with Crippen molar-refractivity contribution in [3.63, 3.8) is 0 Å². The largest absolute Gasteiger partial charge is 0.468 e. The molecule has 0 aliphatic rings. The van der Waals surface area contributed by atoms with Gasteiger partial charge in [-0.3, -0.25) is 14.2 Å². The molecule has 0 fully saturated rings. The van der Waals surface area contributed by atoms with Crippen molar-refractivity contribution < 1.29 is 19.1 Å². The van der Waals surface area contributed by atoms with Crippen LogP contribution in [0.3, 0.4) is 0 Å². The van der Waals surface area contributed by atoms with Gasteiger partial charge in [0.15, 0.2) is 0 Å². The van der Waals surface area contributed by atoms with Gasteiger partial charge in [0.2, 0.25) is 0 Å². The van der Waals surface area contributed by atoms with Crippen LogP contribution < -0.4 is 4.74 Å². The Balaban J connectivity index is 1.83.